The third-order valence-electron chi connectivity index (χ3n) is 2.07. The highest BCUT2D eigenvalue weighted by atomic mass is 19.4. The number of halogens is 3. The number of hydrogen-bond acceptors (Lipinski definition) is 2. The Morgan fingerprint density at radius 2 is 1.94 bits per heavy atom. The number of rotatable bonds is 4. The zero-order chi connectivity index (χ0) is 12.2. The molecule has 2 N–H and O–H groups in total. The van der Waals surface area contributed by atoms with Crippen molar-refractivity contribution >= 4 is 0 Å². The average molecular weight is 233 g/mol. The van der Waals surface area contributed by atoms with Gasteiger partial charge in [0.25, 0.3) is 0 Å². The van der Waals surface area contributed by atoms with Gasteiger partial charge < -0.3 is 10.5 Å². The molecular weight excluding hydrogens is 219 g/mol. The molecule has 0 aliphatic rings. The number of ether oxygens (including phenoxy) is 1. The minimum Gasteiger partial charge on any atom is -0.494 e. The van der Waals surface area contributed by atoms with Gasteiger partial charge in [-0.15, -0.1) is 0 Å². The van der Waals surface area contributed by atoms with E-state index in [-0.39, 0.29) is 0 Å². The van der Waals surface area contributed by atoms with E-state index >= 15 is 0 Å². The molecule has 5 heteroatoms. The van der Waals surface area contributed by atoms with Gasteiger partial charge in [-0.3, -0.25) is 0 Å². The van der Waals surface area contributed by atoms with Crippen LogP contribution < -0.4 is 10.5 Å². The standard InChI is InChI=1S/C11H14F3NO/c1-2-16-10-6-4-3-5-8(10)9(15)7-11(12,13)14/h3-6,9H,2,7,15H2,1H3. The van der Waals surface area contributed by atoms with Gasteiger partial charge in [0.15, 0.2) is 0 Å². The monoisotopic (exact) mass is 233 g/mol. The van der Waals surface area contributed by atoms with E-state index in [1.165, 1.54) is 0 Å². The van der Waals surface area contributed by atoms with Crippen LogP contribution in [0, 0.1) is 0 Å². The molecule has 0 aliphatic heterocycles. The van der Waals surface area contributed by atoms with Crippen molar-refractivity contribution in [3.63, 3.8) is 0 Å². The maximum Gasteiger partial charge on any atom is 0.390 e. The lowest BCUT2D eigenvalue weighted by Gasteiger charge is -2.17. The Balaban J connectivity index is 2.85. The molecule has 1 aromatic rings. The highest BCUT2D eigenvalue weighted by Gasteiger charge is 2.31. The molecule has 0 spiro atoms. The molecule has 0 aliphatic carbocycles. The zero-order valence-electron chi connectivity index (χ0n) is 8.92. The summed E-state index contributed by atoms with van der Waals surface area (Å²) in [6.45, 7) is 2.17. The second-order valence-corrected chi connectivity index (χ2v) is 3.40. The Bertz CT molecular complexity index is 338. The van der Waals surface area contributed by atoms with Crippen LogP contribution in [0.15, 0.2) is 24.3 Å². The summed E-state index contributed by atoms with van der Waals surface area (Å²) in [6, 6.07) is 5.45. The van der Waals surface area contributed by atoms with Crippen LogP contribution in [0.2, 0.25) is 0 Å². The fraction of sp³-hybridized carbons (Fsp3) is 0.455. The third-order valence-corrected chi connectivity index (χ3v) is 2.07. The Labute approximate surface area is 92.2 Å². The van der Waals surface area contributed by atoms with Gasteiger partial charge in [0, 0.05) is 11.6 Å². The molecule has 0 fully saturated rings. The number of nitrogens with two attached hydrogens (primary N) is 1. The van der Waals surface area contributed by atoms with E-state index in [4.69, 9.17) is 10.5 Å². The van der Waals surface area contributed by atoms with Crippen LogP contribution in [0.5, 0.6) is 5.75 Å². The highest BCUT2D eigenvalue weighted by Crippen LogP contribution is 2.32. The van der Waals surface area contributed by atoms with Crippen LogP contribution in [0.1, 0.15) is 24.9 Å². The van der Waals surface area contributed by atoms with Gasteiger partial charge >= 0.3 is 6.18 Å². The zero-order valence-corrected chi connectivity index (χ0v) is 8.92. The molecule has 0 aromatic heterocycles. The summed E-state index contributed by atoms with van der Waals surface area (Å²) in [5.41, 5.74) is 5.90. The van der Waals surface area contributed by atoms with Gasteiger partial charge in [-0.25, -0.2) is 0 Å². The highest BCUT2D eigenvalue weighted by molar-refractivity contribution is 5.35. The van der Waals surface area contributed by atoms with E-state index < -0.39 is 18.6 Å². The topological polar surface area (TPSA) is 35.2 Å². The number of alkyl halides is 3. The maximum atomic E-state index is 12.2. The smallest absolute Gasteiger partial charge is 0.390 e. The minimum atomic E-state index is -4.27. The van der Waals surface area contributed by atoms with Gasteiger partial charge in [-0.2, -0.15) is 13.2 Å². The molecule has 0 radical (unpaired) electrons. The van der Waals surface area contributed by atoms with Crippen LogP contribution in [0.3, 0.4) is 0 Å². The van der Waals surface area contributed by atoms with Crippen molar-refractivity contribution in [1.29, 1.82) is 0 Å². The Kier molecular flexibility index (Phi) is 4.18. The first-order chi connectivity index (χ1) is 7.44. The molecule has 90 valence electrons. The number of hydrogen-bond donors (Lipinski definition) is 1. The van der Waals surface area contributed by atoms with Crippen molar-refractivity contribution in [1.82, 2.24) is 0 Å². The summed E-state index contributed by atoms with van der Waals surface area (Å²) in [5.74, 6) is 0.418. The maximum absolute atomic E-state index is 12.2. The molecular formula is C11H14F3NO. The SMILES string of the molecule is CCOc1ccccc1C(N)CC(F)(F)F. The van der Waals surface area contributed by atoms with Crippen LogP contribution in [0.25, 0.3) is 0 Å². The van der Waals surface area contributed by atoms with E-state index in [0.717, 1.165) is 0 Å². The Hall–Kier alpha value is -1.23. The normalized spacial score (nSPS) is 13.6. The van der Waals surface area contributed by atoms with Crippen LogP contribution in [-0.2, 0) is 0 Å². The molecule has 0 saturated carbocycles. The van der Waals surface area contributed by atoms with Gasteiger partial charge in [-0.1, -0.05) is 18.2 Å². The molecule has 1 rings (SSSR count). The van der Waals surface area contributed by atoms with Gasteiger partial charge in [-0.05, 0) is 13.0 Å². The van der Waals surface area contributed by atoms with Crippen molar-refractivity contribution in [2.75, 3.05) is 6.61 Å². The van der Waals surface area contributed by atoms with E-state index in [1.54, 1.807) is 31.2 Å². The molecule has 0 saturated heterocycles. The summed E-state index contributed by atoms with van der Waals surface area (Å²) in [7, 11) is 0. The lowest BCUT2D eigenvalue weighted by atomic mass is 10.0. The van der Waals surface area contributed by atoms with E-state index in [1.807, 2.05) is 0 Å². The molecule has 0 amide bonds. The average Bonchev–Trinajstić information content (AvgIpc) is 2.16. The largest absolute Gasteiger partial charge is 0.494 e. The van der Waals surface area contributed by atoms with Crippen LogP contribution >= 0.6 is 0 Å². The lowest BCUT2D eigenvalue weighted by Crippen LogP contribution is -2.20. The minimum absolute atomic E-state index is 0.390. The molecule has 16 heavy (non-hydrogen) atoms. The fourth-order valence-electron chi connectivity index (χ4n) is 1.43. The van der Waals surface area contributed by atoms with Crippen molar-refractivity contribution in [2.24, 2.45) is 5.73 Å². The Morgan fingerprint density at radius 3 is 2.50 bits per heavy atom. The predicted molar refractivity (Wildman–Crippen MR) is 55.2 cm³/mol. The van der Waals surface area contributed by atoms with Crippen molar-refractivity contribution in [3.05, 3.63) is 29.8 Å². The lowest BCUT2D eigenvalue weighted by molar-refractivity contribution is -0.138. The summed E-state index contributed by atoms with van der Waals surface area (Å²) in [6.07, 6.45) is -5.31. The van der Waals surface area contributed by atoms with E-state index in [2.05, 4.69) is 0 Å². The third kappa shape index (κ3) is 3.73. The van der Waals surface area contributed by atoms with Crippen molar-refractivity contribution in [2.45, 2.75) is 25.6 Å². The molecule has 0 bridgehead atoms. The number of benzene rings is 1. The first kappa shape index (κ1) is 12.8. The summed E-state index contributed by atoms with van der Waals surface area (Å²) >= 11 is 0. The number of para-hydroxylation sites is 1. The molecule has 2 nitrogen and oxygen atoms in total. The Morgan fingerprint density at radius 1 is 1.31 bits per heavy atom. The fourth-order valence-corrected chi connectivity index (χ4v) is 1.43. The first-order valence-corrected chi connectivity index (χ1v) is 4.98. The first-order valence-electron chi connectivity index (χ1n) is 4.98. The van der Waals surface area contributed by atoms with Crippen LogP contribution in [0.4, 0.5) is 13.2 Å². The molecule has 1 aromatic carbocycles. The van der Waals surface area contributed by atoms with E-state index in [9.17, 15) is 13.2 Å². The van der Waals surface area contributed by atoms with E-state index in [0.29, 0.717) is 17.9 Å². The van der Waals surface area contributed by atoms with Gasteiger partial charge in [0.2, 0.25) is 0 Å². The molecule has 1 unspecified atom stereocenters. The summed E-state index contributed by atoms with van der Waals surface area (Å²) < 4.78 is 41.8. The summed E-state index contributed by atoms with van der Waals surface area (Å²) in [5, 5.41) is 0. The van der Waals surface area contributed by atoms with Crippen LogP contribution in [-0.4, -0.2) is 12.8 Å². The second-order valence-electron chi connectivity index (χ2n) is 3.40. The predicted octanol–water partition coefficient (Wildman–Crippen LogP) is 3.04. The second kappa shape index (κ2) is 5.21. The van der Waals surface area contributed by atoms with Gasteiger partial charge in [0.05, 0.1) is 13.0 Å². The van der Waals surface area contributed by atoms with Crippen molar-refractivity contribution in [3.8, 4) is 5.75 Å². The molecule has 0 heterocycles. The molecule has 1 atom stereocenters. The van der Waals surface area contributed by atoms with Crippen molar-refractivity contribution < 1.29 is 17.9 Å². The quantitative estimate of drug-likeness (QED) is 0.867. The van der Waals surface area contributed by atoms with Gasteiger partial charge in [0.1, 0.15) is 5.75 Å². The summed E-state index contributed by atoms with van der Waals surface area (Å²) in [4.78, 5) is 0.